The zero-order chi connectivity index (χ0) is 14.4. The minimum Gasteiger partial charge on any atom is -0.383 e. The molecule has 0 unspecified atom stereocenters. The van der Waals surface area contributed by atoms with Gasteiger partial charge < -0.3 is 15.4 Å². The maximum atomic E-state index is 13.1. The summed E-state index contributed by atoms with van der Waals surface area (Å²) in [7, 11) is 1.46. The van der Waals surface area contributed by atoms with Gasteiger partial charge in [-0.1, -0.05) is 0 Å². The smallest absolute Gasteiger partial charge is 0.254 e. The Hall–Kier alpha value is -1.60. The average molecular weight is 276 g/mol. The van der Waals surface area contributed by atoms with Gasteiger partial charge in [-0.05, 0) is 12.1 Å². The van der Waals surface area contributed by atoms with E-state index in [1.165, 1.54) is 12.0 Å². The van der Waals surface area contributed by atoms with Gasteiger partial charge in [0.25, 0.3) is 5.91 Å². The number of carbonyl (C=O) groups excluding carboxylic acids is 1. The van der Waals surface area contributed by atoms with Gasteiger partial charge in [-0.15, -0.1) is 0 Å². The quantitative estimate of drug-likeness (QED) is 0.793. The van der Waals surface area contributed by atoms with Crippen molar-refractivity contribution >= 4 is 5.91 Å². The number of benzene rings is 1. The van der Waals surface area contributed by atoms with Crippen molar-refractivity contribution in [2.75, 3.05) is 33.4 Å². The fraction of sp³-hybridized carbons (Fsp3) is 0.417. The molecule has 19 heavy (non-hydrogen) atoms. The van der Waals surface area contributed by atoms with Crippen molar-refractivity contribution in [2.45, 2.75) is 0 Å². The van der Waals surface area contributed by atoms with Crippen LogP contribution in [0.5, 0.6) is 0 Å². The summed E-state index contributed by atoms with van der Waals surface area (Å²) < 4.78 is 43.8. The molecule has 0 saturated heterocycles. The molecular weight excluding hydrogens is 261 g/mol. The number of amides is 1. The highest BCUT2D eigenvalue weighted by Crippen LogP contribution is 2.15. The molecule has 0 fully saturated rings. The molecule has 1 aromatic carbocycles. The summed E-state index contributed by atoms with van der Waals surface area (Å²) in [6, 6.07) is 1.33. The van der Waals surface area contributed by atoms with Crippen molar-refractivity contribution in [1.82, 2.24) is 4.90 Å². The summed E-state index contributed by atoms with van der Waals surface area (Å²) in [6.07, 6.45) is 0. The van der Waals surface area contributed by atoms with E-state index in [0.717, 1.165) is 0 Å². The van der Waals surface area contributed by atoms with Crippen LogP contribution in [0.15, 0.2) is 12.1 Å². The third-order valence-electron chi connectivity index (χ3n) is 2.48. The number of hydrogen-bond acceptors (Lipinski definition) is 3. The van der Waals surface area contributed by atoms with Crippen molar-refractivity contribution < 1.29 is 22.7 Å². The standard InChI is InChI=1S/C12H15F3N2O2/c1-19-5-4-17(3-2-16)12(18)8-6-9(13)11(15)10(14)7-8/h6-7H,2-5,16H2,1H3. The zero-order valence-corrected chi connectivity index (χ0v) is 10.5. The number of nitrogens with zero attached hydrogens (tertiary/aromatic N) is 1. The van der Waals surface area contributed by atoms with Crippen LogP contribution >= 0.6 is 0 Å². The lowest BCUT2D eigenvalue weighted by atomic mass is 10.1. The van der Waals surface area contributed by atoms with Crippen molar-refractivity contribution in [2.24, 2.45) is 5.73 Å². The summed E-state index contributed by atoms with van der Waals surface area (Å²) in [6.45, 7) is 0.898. The first-order chi connectivity index (χ1) is 9.01. The number of hydrogen-bond donors (Lipinski definition) is 1. The van der Waals surface area contributed by atoms with Crippen molar-refractivity contribution in [1.29, 1.82) is 0 Å². The summed E-state index contributed by atoms with van der Waals surface area (Å²) in [5, 5.41) is 0. The van der Waals surface area contributed by atoms with Crippen LogP contribution in [0.25, 0.3) is 0 Å². The Bertz CT molecular complexity index is 432. The van der Waals surface area contributed by atoms with Gasteiger partial charge in [0.05, 0.1) is 6.61 Å². The molecular formula is C12H15F3N2O2. The maximum Gasteiger partial charge on any atom is 0.254 e. The predicted molar refractivity (Wildman–Crippen MR) is 63.1 cm³/mol. The molecule has 0 aliphatic heterocycles. The Labute approximate surface area is 108 Å². The second kappa shape index (κ2) is 7.10. The van der Waals surface area contributed by atoms with Gasteiger partial charge in [-0.3, -0.25) is 4.79 Å². The number of nitrogens with two attached hydrogens (primary N) is 1. The van der Waals surface area contributed by atoms with Crippen LogP contribution in [0.1, 0.15) is 10.4 Å². The lowest BCUT2D eigenvalue weighted by molar-refractivity contribution is 0.0700. The minimum atomic E-state index is -1.60. The van der Waals surface area contributed by atoms with E-state index in [1.807, 2.05) is 0 Å². The lowest BCUT2D eigenvalue weighted by Crippen LogP contribution is -2.37. The van der Waals surface area contributed by atoms with E-state index in [1.54, 1.807) is 0 Å². The first-order valence-corrected chi connectivity index (χ1v) is 5.64. The van der Waals surface area contributed by atoms with Gasteiger partial charge in [-0.25, -0.2) is 13.2 Å². The fourth-order valence-electron chi connectivity index (χ4n) is 1.53. The highest BCUT2D eigenvalue weighted by Gasteiger charge is 2.19. The topological polar surface area (TPSA) is 55.6 Å². The van der Waals surface area contributed by atoms with Crippen LogP contribution in [0.3, 0.4) is 0 Å². The van der Waals surface area contributed by atoms with Gasteiger partial charge >= 0.3 is 0 Å². The molecule has 1 amide bonds. The lowest BCUT2D eigenvalue weighted by Gasteiger charge is -2.21. The van der Waals surface area contributed by atoms with Crippen molar-refractivity contribution in [3.63, 3.8) is 0 Å². The van der Waals surface area contributed by atoms with Gasteiger partial charge in [0.15, 0.2) is 17.5 Å². The minimum absolute atomic E-state index is 0.196. The van der Waals surface area contributed by atoms with E-state index in [0.29, 0.717) is 12.1 Å². The first-order valence-electron chi connectivity index (χ1n) is 5.64. The van der Waals surface area contributed by atoms with Crippen molar-refractivity contribution in [3.8, 4) is 0 Å². The van der Waals surface area contributed by atoms with E-state index >= 15 is 0 Å². The third-order valence-corrected chi connectivity index (χ3v) is 2.48. The van der Waals surface area contributed by atoms with E-state index in [4.69, 9.17) is 10.5 Å². The molecule has 2 N–H and O–H groups in total. The molecule has 0 saturated carbocycles. The number of methoxy groups -OCH3 is 1. The Morgan fingerprint density at radius 1 is 1.26 bits per heavy atom. The van der Waals surface area contributed by atoms with Crippen LogP contribution in [0, 0.1) is 17.5 Å². The fourth-order valence-corrected chi connectivity index (χ4v) is 1.53. The highest BCUT2D eigenvalue weighted by atomic mass is 19.2. The number of halogens is 3. The van der Waals surface area contributed by atoms with E-state index in [2.05, 4.69) is 0 Å². The summed E-state index contributed by atoms with van der Waals surface area (Å²) in [5.41, 5.74) is 5.10. The molecule has 0 bridgehead atoms. The predicted octanol–water partition coefficient (Wildman–Crippen LogP) is 1.15. The number of carbonyl (C=O) groups is 1. The molecule has 0 spiro atoms. The van der Waals surface area contributed by atoms with Crippen LogP contribution in [-0.2, 0) is 4.74 Å². The summed E-state index contributed by atoms with van der Waals surface area (Å²) in [5.74, 6) is -5.02. The molecule has 4 nitrogen and oxygen atoms in total. The van der Waals surface area contributed by atoms with Gasteiger partial charge in [-0.2, -0.15) is 0 Å². The Balaban J connectivity index is 2.95. The van der Waals surface area contributed by atoms with Crippen molar-refractivity contribution in [3.05, 3.63) is 35.1 Å². The van der Waals surface area contributed by atoms with Crippen LogP contribution in [0.4, 0.5) is 13.2 Å². The zero-order valence-electron chi connectivity index (χ0n) is 10.5. The van der Waals surface area contributed by atoms with Crippen LogP contribution < -0.4 is 5.73 Å². The SMILES string of the molecule is COCCN(CCN)C(=O)c1cc(F)c(F)c(F)c1. The molecule has 106 valence electrons. The second-order valence-corrected chi connectivity index (χ2v) is 3.83. The molecule has 1 aromatic rings. The molecule has 0 atom stereocenters. The normalized spacial score (nSPS) is 10.6. The maximum absolute atomic E-state index is 13.1. The molecule has 0 radical (unpaired) electrons. The van der Waals surface area contributed by atoms with Gasteiger partial charge in [0, 0.05) is 32.3 Å². The molecule has 0 aliphatic carbocycles. The number of ether oxygens (including phenoxy) is 1. The Kier molecular flexibility index (Phi) is 5.78. The van der Waals surface area contributed by atoms with E-state index < -0.39 is 23.4 Å². The van der Waals surface area contributed by atoms with E-state index in [-0.39, 0.29) is 31.8 Å². The molecule has 0 heterocycles. The Morgan fingerprint density at radius 2 is 1.84 bits per heavy atom. The molecule has 0 aromatic heterocycles. The molecule has 1 rings (SSSR count). The summed E-state index contributed by atoms with van der Waals surface area (Å²) >= 11 is 0. The Morgan fingerprint density at radius 3 is 2.32 bits per heavy atom. The van der Waals surface area contributed by atoms with E-state index in [9.17, 15) is 18.0 Å². The second-order valence-electron chi connectivity index (χ2n) is 3.83. The van der Waals surface area contributed by atoms with Crippen LogP contribution in [-0.4, -0.2) is 44.2 Å². The first kappa shape index (κ1) is 15.5. The molecule has 7 heteroatoms. The summed E-state index contributed by atoms with van der Waals surface area (Å²) in [4.78, 5) is 13.3. The molecule has 0 aliphatic rings. The highest BCUT2D eigenvalue weighted by molar-refractivity contribution is 5.94. The number of rotatable bonds is 6. The average Bonchev–Trinajstić information content (AvgIpc) is 2.39. The third kappa shape index (κ3) is 3.93. The van der Waals surface area contributed by atoms with Crippen LogP contribution in [0.2, 0.25) is 0 Å². The largest absolute Gasteiger partial charge is 0.383 e. The monoisotopic (exact) mass is 276 g/mol. The van der Waals surface area contributed by atoms with Gasteiger partial charge in [0.1, 0.15) is 0 Å². The van der Waals surface area contributed by atoms with Gasteiger partial charge in [0.2, 0.25) is 0 Å².